The highest BCUT2D eigenvalue weighted by Gasteiger charge is 2.26. The van der Waals surface area contributed by atoms with E-state index in [0.717, 1.165) is 25.6 Å². The predicted octanol–water partition coefficient (Wildman–Crippen LogP) is 3.10. The van der Waals surface area contributed by atoms with Crippen LogP contribution in [0.4, 0.5) is 0 Å². The lowest BCUT2D eigenvalue weighted by molar-refractivity contribution is 0.200. The van der Waals surface area contributed by atoms with E-state index in [4.69, 9.17) is 4.74 Å². The normalized spacial score (nSPS) is 21.2. The highest BCUT2D eigenvalue weighted by Crippen LogP contribution is 2.34. The molecule has 0 unspecified atom stereocenters. The minimum Gasteiger partial charge on any atom is -0.502 e. The average molecular weight is 211 g/mol. The van der Waals surface area contributed by atoms with Crippen molar-refractivity contribution in [3.63, 3.8) is 0 Å². The first-order chi connectivity index (χ1) is 7.14. The Morgan fingerprint density at radius 2 is 2.07 bits per heavy atom. The summed E-state index contributed by atoms with van der Waals surface area (Å²) < 4.78 is 5.08. The summed E-state index contributed by atoms with van der Waals surface area (Å²) >= 11 is 0. The van der Waals surface area contributed by atoms with Crippen molar-refractivity contribution in [2.24, 2.45) is 5.41 Å². The van der Waals surface area contributed by atoms with E-state index >= 15 is 0 Å². The van der Waals surface area contributed by atoms with Crippen molar-refractivity contribution in [2.45, 2.75) is 52.0 Å². The van der Waals surface area contributed by atoms with Crippen molar-refractivity contribution in [1.82, 2.24) is 5.32 Å². The molecule has 0 radical (unpaired) electrons. The number of rotatable bonds is 6. The first-order valence-corrected chi connectivity index (χ1v) is 6.10. The maximum Gasteiger partial charge on any atom is 0.0885 e. The van der Waals surface area contributed by atoms with Crippen LogP contribution in [0.2, 0.25) is 0 Å². The van der Waals surface area contributed by atoms with Crippen molar-refractivity contribution >= 4 is 0 Å². The van der Waals surface area contributed by atoms with Crippen LogP contribution in [-0.4, -0.2) is 19.2 Å². The highest BCUT2D eigenvalue weighted by molar-refractivity contribution is 4.81. The van der Waals surface area contributed by atoms with E-state index in [0.29, 0.717) is 5.41 Å². The lowest BCUT2D eigenvalue weighted by Crippen LogP contribution is -2.36. The molecule has 15 heavy (non-hydrogen) atoms. The fourth-order valence-corrected chi connectivity index (χ4v) is 2.15. The SMILES string of the molecule is C=COCCCNC1CCC(C)(C)CC1. The lowest BCUT2D eigenvalue weighted by atomic mass is 9.75. The monoisotopic (exact) mass is 211 g/mol. The van der Waals surface area contributed by atoms with E-state index in [-0.39, 0.29) is 0 Å². The van der Waals surface area contributed by atoms with E-state index in [1.165, 1.54) is 31.9 Å². The van der Waals surface area contributed by atoms with Gasteiger partial charge in [-0.15, -0.1) is 0 Å². The molecule has 2 heteroatoms. The topological polar surface area (TPSA) is 21.3 Å². The first-order valence-electron chi connectivity index (χ1n) is 6.10. The van der Waals surface area contributed by atoms with Gasteiger partial charge in [-0.25, -0.2) is 0 Å². The molecule has 0 aromatic rings. The molecular weight excluding hydrogens is 186 g/mol. The van der Waals surface area contributed by atoms with E-state index in [2.05, 4.69) is 25.7 Å². The van der Waals surface area contributed by atoms with Crippen molar-refractivity contribution in [1.29, 1.82) is 0 Å². The second-order valence-corrected chi connectivity index (χ2v) is 5.28. The molecule has 0 heterocycles. The maximum atomic E-state index is 5.08. The molecule has 0 aliphatic heterocycles. The van der Waals surface area contributed by atoms with Gasteiger partial charge in [0.25, 0.3) is 0 Å². The second-order valence-electron chi connectivity index (χ2n) is 5.28. The summed E-state index contributed by atoms with van der Waals surface area (Å²) in [5.41, 5.74) is 0.574. The summed E-state index contributed by atoms with van der Waals surface area (Å²) in [5, 5.41) is 3.60. The van der Waals surface area contributed by atoms with E-state index in [1.54, 1.807) is 0 Å². The molecule has 1 saturated carbocycles. The number of hydrogen-bond donors (Lipinski definition) is 1. The Morgan fingerprint density at radius 1 is 1.40 bits per heavy atom. The van der Waals surface area contributed by atoms with Gasteiger partial charge in [0.05, 0.1) is 12.9 Å². The summed E-state index contributed by atoms with van der Waals surface area (Å²) in [6.07, 6.45) is 7.96. The van der Waals surface area contributed by atoms with Gasteiger partial charge < -0.3 is 10.1 Å². The van der Waals surface area contributed by atoms with Crippen LogP contribution in [0.25, 0.3) is 0 Å². The van der Waals surface area contributed by atoms with Crippen LogP contribution in [0.3, 0.4) is 0 Å². The smallest absolute Gasteiger partial charge is 0.0885 e. The summed E-state index contributed by atoms with van der Waals surface area (Å²) in [6, 6.07) is 0.738. The molecule has 0 spiro atoms. The Kier molecular flexibility index (Phi) is 5.16. The van der Waals surface area contributed by atoms with E-state index in [9.17, 15) is 0 Å². The summed E-state index contributed by atoms with van der Waals surface area (Å²) in [6.45, 7) is 10.1. The zero-order valence-corrected chi connectivity index (χ0v) is 10.2. The third kappa shape index (κ3) is 5.22. The van der Waals surface area contributed by atoms with Gasteiger partial charge in [0.1, 0.15) is 0 Å². The molecule has 0 amide bonds. The van der Waals surface area contributed by atoms with Crippen LogP contribution in [0.5, 0.6) is 0 Å². The van der Waals surface area contributed by atoms with Crippen LogP contribution in [0, 0.1) is 5.41 Å². The average Bonchev–Trinajstić information content (AvgIpc) is 2.20. The van der Waals surface area contributed by atoms with Gasteiger partial charge in [0, 0.05) is 6.04 Å². The zero-order valence-electron chi connectivity index (χ0n) is 10.2. The fourth-order valence-electron chi connectivity index (χ4n) is 2.15. The Bertz CT molecular complexity index is 179. The highest BCUT2D eigenvalue weighted by atomic mass is 16.5. The van der Waals surface area contributed by atoms with Crippen LogP contribution in [0.15, 0.2) is 12.8 Å². The summed E-state index contributed by atoms with van der Waals surface area (Å²) in [4.78, 5) is 0. The standard InChI is InChI=1S/C13H25NO/c1-4-15-11-5-10-14-12-6-8-13(2,3)9-7-12/h4,12,14H,1,5-11H2,2-3H3. The number of nitrogens with one attached hydrogen (secondary N) is 1. The molecular formula is C13H25NO. The fraction of sp³-hybridized carbons (Fsp3) is 0.846. The lowest BCUT2D eigenvalue weighted by Gasteiger charge is -2.34. The maximum absolute atomic E-state index is 5.08. The Labute approximate surface area is 94.1 Å². The molecule has 2 nitrogen and oxygen atoms in total. The Morgan fingerprint density at radius 3 is 2.67 bits per heavy atom. The van der Waals surface area contributed by atoms with Crippen molar-refractivity contribution < 1.29 is 4.74 Å². The third-order valence-electron chi connectivity index (χ3n) is 3.33. The van der Waals surface area contributed by atoms with Crippen molar-refractivity contribution in [3.8, 4) is 0 Å². The summed E-state index contributed by atoms with van der Waals surface area (Å²) in [5.74, 6) is 0. The van der Waals surface area contributed by atoms with Gasteiger partial charge in [-0.1, -0.05) is 20.4 Å². The zero-order chi connectivity index (χ0) is 11.1. The molecule has 1 fully saturated rings. The first kappa shape index (κ1) is 12.6. The minimum atomic E-state index is 0.574. The molecule has 1 aliphatic carbocycles. The van der Waals surface area contributed by atoms with Crippen LogP contribution in [0.1, 0.15) is 46.0 Å². The molecule has 0 bridgehead atoms. The summed E-state index contributed by atoms with van der Waals surface area (Å²) in [7, 11) is 0. The van der Waals surface area contributed by atoms with E-state index in [1.807, 2.05) is 0 Å². The van der Waals surface area contributed by atoms with Crippen LogP contribution in [-0.2, 0) is 4.74 Å². The van der Waals surface area contributed by atoms with Crippen molar-refractivity contribution in [3.05, 3.63) is 12.8 Å². The molecule has 1 N–H and O–H groups in total. The number of hydrogen-bond acceptors (Lipinski definition) is 2. The van der Waals surface area contributed by atoms with Gasteiger partial charge in [0.2, 0.25) is 0 Å². The van der Waals surface area contributed by atoms with Crippen LogP contribution < -0.4 is 5.32 Å². The minimum absolute atomic E-state index is 0.574. The molecule has 1 rings (SSSR count). The van der Waals surface area contributed by atoms with E-state index < -0.39 is 0 Å². The molecule has 0 aromatic heterocycles. The molecule has 0 saturated heterocycles. The molecule has 0 atom stereocenters. The molecule has 88 valence electrons. The Balaban J connectivity index is 2.01. The largest absolute Gasteiger partial charge is 0.502 e. The predicted molar refractivity (Wildman–Crippen MR) is 64.8 cm³/mol. The number of ether oxygens (including phenoxy) is 1. The molecule has 0 aromatic carbocycles. The van der Waals surface area contributed by atoms with Gasteiger partial charge >= 0.3 is 0 Å². The third-order valence-corrected chi connectivity index (χ3v) is 3.33. The second kappa shape index (κ2) is 6.16. The quantitative estimate of drug-likeness (QED) is 0.538. The van der Waals surface area contributed by atoms with Gasteiger partial charge in [-0.3, -0.25) is 0 Å². The van der Waals surface area contributed by atoms with Gasteiger partial charge in [-0.05, 0) is 44.1 Å². The van der Waals surface area contributed by atoms with Gasteiger partial charge in [-0.2, -0.15) is 0 Å². The van der Waals surface area contributed by atoms with Crippen LogP contribution >= 0.6 is 0 Å². The molecule has 1 aliphatic rings. The Hall–Kier alpha value is -0.500. The van der Waals surface area contributed by atoms with Crippen molar-refractivity contribution in [2.75, 3.05) is 13.2 Å². The van der Waals surface area contributed by atoms with Gasteiger partial charge in [0.15, 0.2) is 0 Å².